The quantitative estimate of drug-likeness (QED) is 0.331. The zero-order valence-corrected chi connectivity index (χ0v) is 20.9. The maximum absolute atomic E-state index is 10.4. The number of aromatic nitrogens is 2. The van der Waals surface area contributed by atoms with E-state index in [0.717, 1.165) is 76.8 Å². The molecule has 2 saturated heterocycles. The van der Waals surface area contributed by atoms with Crippen LogP contribution in [0.15, 0.2) is 54.6 Å². The summed E-state index contributed by atoms with van der Waals surface area (Å²) in [5.41, 5.74) is 2.92. The van der Waals surface area contributed by atoms with Gasteiger partial charge < -0.3 is 25.7 Å². The molecule has 0 amide bonds. The summed E-state index contributed by atoms with van der Waals surface area (Å²) in [6.45, 7) is 2.44. The lowest BCUT2D eigenvalue weighted by atomic mass is 9.97. The zero-order chi connectivity index (χ0) is 24.9. The molecule has 4 atom stereocenters. The first-order valence-corrected chi connectivity index (χ1v) is 13.6. The highest BCUT2D eigenvalue weighted by atomic mass is 16.3. The molecule has 37 heavy (non-hydrogen) atoms. The first-order chi connectivity index (χ1) is 18.1. The van der Waals surface area contributed by atoms with Gasteiger partial charge in [0.25, 0.3) is 0 Å². The number of aliphatic hydroxyl groups excluding tert-OH is 1. The van der Waals surface area contributed by atoms with Crippen molar-refractivity contribution in [3.63, 3.8) is 0 Å². The minimum atomic E-state index is -0.297. The monoisotopic (exact) mass is 495 g/mol. The summed E-state index contributed by atoms with van der Waals surface area (Å²) in [6, 6.07) is 19.3. The van der Waals surface area contributed by atoms with Gasteiger partial charge in [-0.3, -0.25) is 0 Å². The second-order valence-electron chi connectivity index (χ2n) is 10.9. The van der Waals surface area contributed by atoms with Crippen molar-refractivity contribution < 1.29 is 10.2 Å². The molecule has 4 aromatic rings. The Bertz CT molecular complexity index is 1460. The van der Waals surface area contributed by atoms with Gasteiger partial charge in [0.15, 0.2) is 0 Å². The van der Waals surface area contributed by atoms with Gasteiger partial charge in [-0.1, -0.05) is 30.3 Å². The van der Waals surface area contributed by atoms with Crippen LogP contribution in [0.25, 0.3) is 32.8 Å². The van der Waals surface area contributed by atoms with Crippen LogP contribution < -0.4 is 15.5 Å². The van der Waals surface area contributed by atoms with Crippen molar-refractivity contribution in [1.29, 1.82) is 0 Å². The molecule has 2 bridgehead atoms. The van der Waals surface area contributed by atoms with Crippen molar-refractivity contribution in [2.75, 3.05) is 18.0 Å². The Morgan fingerprint density at radius 1 is 0.919 bits per heavy atom. The molecule has 7 heteroatoms. The van der Waals surface area contributed by atoms with Gasteiger partial charge in [-0.25, -0.2) is 9.97 Å². The number of phenols is 1. The minimum absolute atomic E-state index is 0.0998. The van der Waals surface area contributed by atoms with E-state index < -0.39 is 0 Å². The van der Waals surface area contributed by atoms with E-state index in [4.69, 9.17) is 9.97 Å². The molecule has 0 radical (unpaired) electrons. The molecule has 2 aliphatic heterocycles. The number of hydrogen-bond donors (Lipinski definition) is 4. The van der Waals surface area contributed by atoms with Crippen molar-refractivity contribution in [3.8, 4) is 16.9 Å². The van der Waals surface area contributed by atoms with Gasteiger partial charge in [0.1, 0.15) is 17.4 Å². The summed E-state index contributed by atoms with van der Waals surface area (Å²) >= 11 is 0. The standard InChI is InChI=1S/C30H33N5O2/c36-22-12-18-4-1-2-5-23(18)25(14-22)19-8-11-24-27(13-19)33-29(15-31-26-6-3-7-28(26)37)34-30(24)35-16-20-9-10-21(17-35)32-20/h1-2,4-5,8,11-14,20-21,26,28,31-32,36-37H,3,6-7,9-10,15-17H2/t20?,21?,26-,28-/m1/s1. The van der Waals surface area contributed by atoms with Crippen molar-refractivity contribution in [3.05, 3.63) is 60.4 Å². The Morgan fingerprint density at radius 2 is 1.76 bits per heavy atom. The topological polar surface area (TPSA) is 93.5 Å². The largest absolute Gasteiger partial charge is 0.508 e. The molecular weight excluding hydrogens is 462 g/mol. The molecule has 3 aromatic carbocycles. The van der Waals surface area contributed by atoms with Crippen LogP contribution in [0, 0.1) is 0 Å². The van der Waals surface area contributed by atoms with Gasteiger partial charge in [-0.05, 0) is 78.3 Å². The first kappa shape index (κ1) is 22.9. The summed E-state index contributed by atoms with van der Waals surface area (Å²) in [4.78, 5) is 12.5. The van der Waals surface area contributed by atoms with Crippen molar-refractivity contribution in [2.45, 2.75) is 62.9 Å². The third-order valence-electron chi connectivity index (χ3n) is 8.40. The van der Waals surface area contributed by atoms with Gasteiger partial charge in [0, 0.05) is 36.6 Å². The van der Waals surface area contributed by atoms with E-state index in [1.807, 2.05) is 24.3 Å². The SMILES string of the molecule is Oc1cc(-c2ccc3c(N4CC5CCC(C4)N5)nc(CN[C@@H]4CCC[C@H]4O)nc3c2)c2ccccc2c1. The van der Waals surface area contributed by atoms with Crippen LogP contribution in [0.2, 0.25) is 0 Å². The molecule has 4 N–H and O–H groups in total. The molecule has 3 fully saturated rings. The number of aromatic hydroxyl groups is 1. The molecule has 7 nitrogen and oxygen atoms in total. The lowest BCUT2D eigenvalue weighted by Crippen LogP contribution is -2.51. The smallest absolute Gasteiger partial charge is 0.145 e. The van der Waals surface area contributed by atoms with Gasteiger partial charge in [-0.2, -0.15) is 0 Å². The van der Waals surface area contributed by atoms with E-state index >= 15 is 0 Å². The summed E-state index contributed by atoms with van der Waals surface area (Å²) in [5, 5.41) is 31.1. The Labute approximate surface area is 216 Å². The number of aliphatic hydroxyl groups is 1. The van der Waals surface area contributed by atoms with Crippen molar-refractivity contribution in [1.82, 2.24) is 20.6 Å². The predicted octanol–water partition coefficient (Wildman–Crippen LogP) is 4.10. The first-order valence-electron chi connectivity index (χ1n) is 13.6. The number of nitrogens with one attached hydrogen (secondary N) is 2. The van der Waals surface area contributed by atoms with Crippen molar-refractivity contribution >= 4 is 27.5 Å². The molecule has 2 unspecified atom stereocenters. The number of hydrogen-bond acceptors (Lipinski definition) is 7. The van der Waals surface area contributed by atoms with E-state index in [0.29, 0.717) is 18.6 Å². The van der Waals surface area contributed by atoms with Crippen LogP contribution >= 0.6 is 0 Å². The maximum Gasteiger partial charge on any atom is 0.145 e. The molecule has 0 spiro atoms. The highest BCUT2D eigenvalue weighted by molar-refractivity contribution is 6.00. The highest BCUT2D eigenvalue weighted by Crippen LogP contribution is 2.36. The van der Waals surface area contributed by atoms with E-state index in [2.05, 4.69) is 39.8 Å². The number of piperazine rings is 1. The number of benzene rings is 3. The van der Waals surface area contributed by atoms with Gasteiger partial charge in [0.05, 0.1) is 18.2 Å². The Hall–Kier alpha value is -3.26. The Morgan fingerprint density at radius 3 is 2.57 bits per heavy atom. The highest BCUT2D eigenvalue weighted by Gasteiger charge is 2.33. The number of nitrogens with zero attached hydrogens (tertiary/aromatic N) is 3. The molecule has 1 saturated carbocycles. The fraction of sp³-hybridized carbons (Fsp3) is 0.400. The van der Waals surface area contributed by atoms with Crippen LogP contribution in [0.5, 0.6) is 5.75 Å². The number of fused-ring (bicyclic) bond motifs is 4. The van der Waals surface area contributed by atoms with E-state index in [9.17, 15) is 10.2 Å². The average molecular weight is 496 g/mol. The van der Waals surface area contributed by atoms with Crippen molar-refractivity contribution in [2.24, 2.45) is 0 Å². The summed E-state index contributed by atoms with van der Waals surface area (Å²) in [5.74, 6) is 2.01. The lowest BCUT2D eigenvalue weighted by molar-refractivity contribution is 0.148. The van der Waals surface area contributed by atoms with Crippen LogP contribution in [0.1, 0.15) is 37.9 Å². The molecule has 3 heterocycles. The molecule has 190 valence electrons. The fourth-order valence-electron chi connectivity index (χ4n) is 6.55. The van der Waals surface area contributed by atoms with Crippen LogP contribution in [0.3, 0.4) is 0 Å². The van der Waals surface area contributed by atoms with Crippen LogP contribution in [0.4, 0.5) is 5.82 Å². The third-order valence-corrected chi connectivity index (χ3v) is 8.40. The predicted molar refractivity (Wildman–Crippen MR) is 147 cm³/mol. The summed E-state index contributed by atoms with van der Waals surface area (Å²) in [6.07, 6.45) is 5.02. The fourth-order valence-corrected chi connectivity index (χ4v) is 6.55. The van der Waals surface area contributed by atoms with E-state index in [1.165, 1.54) is 12.8 Å². The number of anilines is 1. The van der Waals surface area contributed by atoms with Crippen LogP contribution in [-0.4, -0.2) is 57.5 Å². The Balaban J connectivity index is 1.32. The molecular formula is C30H33N5O2. The summed E-state index contributed by atoms with van der Waals surface area (Å²) in [7, 11) is 0. The van der Waals surface area contributed by atoms with Gasteiger partial charge in [-0.15, -0.1) is 0 Å². The van der Waals surface area contributed by atoms with E-state index in [-0.39, 0.29) is 17.9 Å². The maximum atomic E-state index is 10.4. The number of phenolic OH excluding ortho intramolecular Hbond substituents is 1. The number of rotatable bonds is 5. The average Bonchev–Trinajstić information content (AvgIpc) is 3.49. The third kappa shape index (κ3) is 4.31. The molecule has 7 rings (SSSR count). The Kier molecular flexibility index (Phi) is 5.72. The second kappa shape index (κ2) is 9.24. The van der Waals surface area contributed by atoms with Crippen LogP contribution in [-0.2, 0) is 6.54 Å². The molecule has 1 aromatic heterocycles. The molecule has 1 aliphatic carbocycles. The lowest BCUT2D eigenvalue weighted by Gasteiger charge is -2.34. The zero-order valence-electron chi connectivity index (χ0n) is 20.9. The normalized spacial score (nSPS) is 25.4. The van der Waals surface area contributed by atoms with Gasteiger partial charge in [0.2, 0.25) is 0 Å². The second-order valence-corrected chi connectivity index (χ2v) is 10.9. The van der Waals surface area contributed by atoms with Gasteiger partial charge >= 0.3 is 0 Å². The molecule has 3 aliphatic rings. The van der Waals surface area contributed by atoms with E-state index in [1.54, 1.807) is 6.07 Å². The minimum Gasteiger partial charge on any atom is -0.508 e. The summed E-state index contributed by atoms with van der Waals surface area (Å²) < 4.78 is 0.